The third-order valence-corrected chi connectivity index (χ3v) is 2.41. The van der Waals surface area contributed by atoms with E-state index >= 15 is 0 Å². The monoisotopic (exact) mass is 341 g/mol. The molecule has 5 heteroatoms. The highest BCUT2D eigenvalue weighted by Crippen LogP contribution is 2.29. The van der Waals surface area contributed by atoms with Crippen molar-refractivity contribution in [3.63, 3.8) is 0 Å². The van der Waals surface area contributed by atoms with E-state index in [9.17, 15) is 9.59 Å². The molecule has 1 saturated carbocycles. The normalized spacial score (nSPS) is 10.2. The Labute approximate surface area is 148 Å². The number of allylic oxidation sites excluding steroid dienone is 1. The first-order valence-corrected chi connectivity index (χ1v) is 7.31. The van der Waals surface area contributed by atoms with Crippen LogP contribution in [-0.4, -0.2) is 17.0 Å². The molecule has 0 heterocycles. The maximum atomic E-state index is 10.5. The van der Waals surface area contributed by atoms with E-state index in [-0.39, 0.29) is 11.9 Å². The van der Waals surface area contributed by atoms with Crippen LogP contribution in [0.5, 0.6) is 0 Å². The van der Waals surface area contributed by atoms with Gasteiger partial charge >= 0.3 is 11.9 Å². The van der Waals surface area contributed by atoms with E-state index in [0.717, 1.165) is 18.9 Å². The minimum absolute atomic E-state index is 0.125. The molecule has 0 radical (unpaired) electrons. The summed E-state index contributed by atoms with van der Waals surface area (Å²) in [6, 6.07) is 11.7. The molecule has 25 heavy (non-hydrogen) atoms. The number of rotatable bonds is 4. The van der Waals surface area contributed by atoms with Crippen molar-refractivity contribution in [2.75, 3.05) is 0 Å². The number of esters is 1. The lowest BCUT2D eigenvalue weighted by molar-refractivity contribution is -0.139. The average Bonchev–Trinajstić information content (AvgIpc) is 3.49. The Kier molecular flexibility index (Phi) is 16.2. The van der Waals surface area contributed by atoms with E-state index in [1.165, 1.54) is 17.9 Å². The van der Waals surface area contributed by atoms with Crippen LogP contribution in [0, 0.1) is 17.2 Å². The van der Waals surface area contributed by atoms with Gasteiger partial charge in [-0.2, -0.15) is 5.26 Å². The zero-order valence-corrected chi connectivity index (χ0v) is 14.1. The van der Waals surface area contributed by atoms with Gasteiger partial charge in [0.15, 0.2) is 0 Å². The molecule has 0 aromatic heterocycles. The molecule has 1 aliphatic rings. The Morgan fingerprint density at radius 2 is 1.64 bits per heavy atom. The van der Waals surface area contributed by atoms with Gasteiger partial charge in [-0.3, -0.25) is 4.79 Å². The minimum atomic E-state index is -0.981. The van der Waals surface area contributed by atoms with E-state index in [0.29, 0.717) is 0 Å². The van der Waals surface area contributed by atoms with E-state index in [2.05, 4.69) is 31.1 Å². The highest BCUT2D eigenvalue weighted by atomic mass is 16.5. The van der Waals surface area contributed by atoms with Crippen LogP contribution in [0.1, 0.15) is 18.4 Å². The second-order valence-corrected chi connectivity index (χ2v) is 4.37. The fraction of sp³-hybridized carbons (Fsp3) is 0.150. The van der Waals surface area contributed by atoms with Crippen LogP contribution in [0.25, 0.3) is 6.08 Å². The molecule has 5 nitrogen and oxygen atoms in total. The number of carboxylic acids is 1. The molecule has 2 rings (SSSR count). The molecule has 1 aliphatic carbocycles. The second kappa shape index (κ2) is 17.0. The van der Waals surface area contributed by atoms with Crippen molar-refractivity contribution in [1.82, 2.24) is 0 Å². The molecule has 0 spiro atoms. The number of hydrogen-bond acceptors (Lipinski definition) is 4. The van der Waals surface area contributed by atoms with Crippen molar-refractivity contribution in [2.45, 2.75) is 12.8 Å². The zero-order chi connectivity index (χ0) is 19.5. The van der Waals surface area contributed by atoms with Crippen molar-refractivity contribution in [3.8, 4) is 6.07 Å². The number of benzene rings is 1. The van der Waals surface area contributed by atoms with Crippen molar-refractivity contribution in [2.24, 2.45) is 5.92 Å². The first-order valence-electron chi connectivity index (χ1n) is 7.31. The lowest BCUT2D eigenvalue weighted by Gasteiger charge is -1.90. The van der Waals surface area contributed by atoms with Crippen molar-refractivity contribution >= 4 is 18.0 Å². The summed E-state index contributed by atoms with van der Waals surface area (Å²) in [5.41, 5.74) is 1.17. The summed E-state index contributed by atoms with van der Waals surface area (Å²) in [7, 11) is 0. The number of aliphatic carboxylic acids is 1. The quantitative estimate of drug-likeness (QED) is 0.380. The lowest BCUT2D eigenvalue weighted by atomic mass is 10.2. The highest BCUT2D eigenvalue weighted by molar-refractivity contribution is 5.78. The van der Waals surface area contributed by atoms with E-state index < -0.39 is 5.97 Å². The first-order chi connectivity index (χ1) is 12.0. The van der Waals surface area contributed by atoms with Crippen LogP contribution < -0.4 is 0 Å². The Balaban J connectivity index is 0. The van der Waals surface area contributed by atoms with Gasteiger partial charge in [0.05, 0.1) is 18.2 Å². The van der Waals surface area contributed by atoms with Gasteiger partial charge in [0.25, 0.3) is 0 Å². The number of nitriles is 1. The Hall–Kier alpha value is -3.39. The molecule has 0 aliphatic heterocycles. The lowest BCUT2D eigenvalue weighted by Crippen LogP contribution is -2.00. The third-order valence-electron chi connectivity index (χ3n) is 2.41. The number of ether oxygens (including phenoxy) is 1. The highest BCUT2D eigenvalue weighted by Gasteiger charge is 2.30. The summed E-state index contributed by atoms with van der Waals surface area (Å²) in [6.45, 7) is 13.0. The van der Waals surface area contributed by atoms with Crippen molar-refractivity contribution < 1.29 is 19.4 Å². The summed E-state index contributed by atoms with van der Waals surface area (Å²) in [5.74, 6) is -0.919. The molecule has 1 aromatic rings. The summed E-state index contributed by atoms with van der Waals surface area (Å²) >= 11 is 0. The van der Waals surface area contributed by atoms with Gasteiger partial charge in [-0.15, -0.1) is 0 Å². The van der Waals surface area contributed by atoms with Crippen LogP contribution in [-0.2, 0) is 14.3 Å². The fourth-order valence-electron chi connectivity index (χ4n) is 1.09. The number of carbonyl (C=O) groups excluding carboxylic acids is 1. The summed E-state index contributed by atoms with van der Waals surface area (Å²) < 4.78 is 4.49. The van der Waals surface area contributed by atoms with E-state index in [1.54, 1.807) is 6.07 Å². The topological polar surface area (TPSA) is 87.4 Å². The molecule has 132 valence electrons. The fourth-order valence-corrected chi connectivity index (χ4v) is 1.09. The van der Waals surface area contributed by atoms with Crippen LogP contribution in [0.15, 0.2) is 75.1 Å². The molecule has 0 unspecified atom stereocenters. The van der Waals surface area contributed by atoms with Gasteiger partial charge in [-0.25, -0.2) is 4.79 Å². The van der Waals surface area contributed by atoms with Crippen LogP contribution in [0.4, 0.5) is 0 Å². The molecular formula is C20H23NO4. The van der Waals surface area contributed by atoms with Crippen molar-refractivity contribution in [3.05, 3.63) is 80.6 Å². The van der Waals surface area contributed by atoms with Crippen molar-refractivity contribution in [1.29, 1.82) is 5.26 Å². The van der Waals surface area contributed by atoms with E-state index in [4.69, 9.17) is 10.4 Å². The molecule has 1 aromatic carbocycles. The second-order valence-electron chi connectivity index (χ2n) is 4.37. The van der Waals surface area contributed by atoms with Gasteiger partial charge in [0.1, 0.15) is 0 Å². The Morgan fingerprint density at radius 3 is 1.88 bits per heavy atom. The Bertz CT molecular complexity index is 596. The number of hydrogen-bond donors (Lipinski definition) is 1. The van der Waals surface area contributed by atoms with Gasteiger partial charge in [0.2, 0.25) is 0 Å². The summed E-state index contributed by atoms with van der Waals surface area (Å²) in [6.07, 6.45) is 7.01. The van der Waals surface area contributed by atoms with Crippen LogP contribution in [0.3, 0.4) is 0 Å². The number of carbonyl (C=O) groups is 2. The molecule has 0 amide bonds. The first kappa shape index (κ1) is 23.9. The molecule has 1 N–H and O–H groups in total. The van der Waals surface area contributed by atoms with E-state index in [1.807, 2.05) is 36.4 Å². The van der Waals surface area contributed by atoms with Gasteiger partial charge in [0, 0.05) is 12.2 Å². The zero-order valence-electron chi connectivity index (χ0n) is 14.1. The third kappa shape index (κ3) is 18.6. The van der Waals surface area contributed by atoms with Crippen LogP contribution >= 0.6 is 0 Å². The van der Waals surface area contributed by atoms with Crippen LogP contribution in [0.2, 0.25) is 0 Å². The predicted molar refractivity (Wildman–Crippen MR) is 99.2 cm³/mol. The molecule has 0 bridgehead atoms. The average molecular weight is 341 g/mol. The van der Waals surface area contributed by atoms with Gasteiger partial charge < -0.3 is 9.84 Å². The minimum Gasteiger partial charge on any atom is -0.478 e. The number of nitrogens with zero attached hydrogens (tertiary/aromatic N) is 1. The smallest absolute Gasteiger partial charge is 0.327 e. The van der Waals surface area contributed by atoms with Gasteiger partial charge in [-0.05, 0) is 18.4 Å². The number of carboxylic acid groups (broad SMARTS) is 1. The molecule has 0 atom stereocenters. The maximum Gasteiger partial charge on any atom is 0.327 e. The SMILES string of the molecule is C=CC#N.C=CC(=O)O.C=COC(=O)C1CC1.C=Cc1ccccc1. The molecule has 0 saturated heterocycles. The summed E-state index contributed by atoms with van der Waals surface area (Å²) in [5, 5.41) is 15.1. The Morgan fingerprint density at radius 1 is 1.16 bits per heavy atom. The summed E-state index contributed by atoms with van der Waals surface area (Å²) in [4.78, 5) is 19.8. The van der Waals surface area contributed by atoms with Gasteiger partial charge in [-0.1, -0.05) is 62.7 Å². The maximum absolute atomic E-state index is 10.5. The molecule has 1 fully saturated rings. The largest absolute Gasteiger partial charge is 0.478 e. The standard InChI is InChI=1S/C8H8.C6H8O2.C3H3N.C3H4O2/c1-2-8-6-4-3-5-7-8;1-2-8-6(7)5-3-4-5;1-2-3-4;1-2-3(4)5/h2-7H,1H2;2,5H,1,3-4H2;2H,1H2;2H,1H2,(H,4,5). The molecular weight excluding hydrogens is 318 g/mol. The predicted octanol–water partition coefficient (Wildman–Crippen LogP) is 4.37.